The largest absolute Gasteiger partial charge is 0.126 e. The van der Waals surface area contributed by atoms with E-state index in [1.807, 2.05) is 0 Å². The lowest BCUT2D eigenvalue weighted by atomic mass is 9.77. The molecule has 0 N–H and O–H groups in total. The van der Waals surface area contributed by atoms with Gasteiger partial charge in [0.2, 0.25) is 0 Å². The Kier molecular flexibility index (Phi) is 5.35. The summed E-state index contributed by atoms with van der Waals surface area (Å²) in [5.74, 6) is 1.04. The molecule has 0 spiro atoms. The van der Waals surface area contributed by atoms with Crippen molar-refractivity contribution < 1.29 is 0 Å². The first-order valence-electron chi connectivity index (χ1n) is 7.26. The van der Waals surface area contributed by atoms with Gasteiger partial charge in [-0.2, -0.15) is 0 Å². The summed E-state index contributed by atoms with van der Waals surface area (Å²) in [6.07, 6.45) is 0.877. The molecule has 21 heavy (non-hydrogen) atoms. The van der Waals surface area contributed by atoms with Crippen molar-refractivity contribution in [2.24, 2.45) is 0 Å². The molecule has 112 valence electrons. The molecule has 0 saturated carbocycles. The van der Waals surface area contributed by atoms with E-state index in [1.165, 1.54) is 27.8 Å². The van der Waals surface area contributed by atoms with Crippen molar-refractivity contribution in [3.05, 3.63) is 70.3 Å². The van der Waals surface area contributed by atoms with Crippen LogP contribution in [0.3, 0.4) is 0 Å². The van der Waals surface area contributed by atoms with E-state index in [1.54, 1.807) is 0 Å². The van der Waals surface area contributed by atoms with Crippen molar-refractivity contribution in [3.63, 3.8) is 0 Å². The van der Waals surface area contributed by atoms with Gasteiger partial charge in [-0.05, 0) is 49.4 Å². The number of aryl methyl sites for hydroxylation is 3. The van der Waals surface area contributed by atoms with Crippen LogP contribution in [0.2, 0.25) is 0 Å². The molecule has 0 atom stereocenters. The second-order valence-corrected chi connectivity index (χ2v) is 6.50. The van der Waals surface area contributed by atoms with Crippen LogP contribution in [0.5, 0.6) is 0 Å². The molecule has 2 aromatic rings. The number of hydrogen-bond acceptors (Lipinski definition) is 0. The number of hydrogen-bond donors (Lipinski definition) is 0. The lowest BCUT2D eigenvalue weighted by Crippen LogP contribution is -2.34. The molecular formula is C19H22Cl2. The average Bonchev–Trinajstić information content (AvgIpc) is 2.49. The molecule has 0 aliphatic rings. The Morgan fingerprint density at radius 3 is 1.81 bits per heavy atom. The standard InChI is InChI=1S/C19H22Cl2/c1-14-7-9-17(10-8-14)19(12-20,13-21)11-18-15(2)5-4-6-16(18)3/h4-10H,11-13H2,1-3H3. The van der Waals surface area contributed by atoms with Crippen LogP contribution in [0.25, 0.3) is 0 Å². The van der Waals surface area contributed by atoms with Gasteiger partial charge >= 0.3 is 0 Å². The number of alkyl halides is 2. The molecule has 2 aromatic carbocycles. The molecule has 2 heteroatoms. The summed E-state index contributed by atoms with van der Waals surface area (Å²) in [6, 6.07) is 15.0. The van der Waals surface area contributed by atoms with Crippen molar-refractivity contribution in [3.8, 4) is 0 Å². The summed E-state index contributed by atoms with van der Waals surface area (Å²) in [4.78, 5) is 0. The maximum absolute atomic E-state index is 6.37. The highest BCUT2D eigenvalue weighted by Gasteiger charge is 2.32. The quantitative estimate of drug-likeness (QED) is 0.632. The van der Waals surface area contributed by atoms with Gasteiger partial charge in [0.05, 0.1) is 0 Å². The minimum absolute atomic E-state index is 0.215. The second-order valence-electron chi connectivity index (χ2n) is 5.96. The van der Waals surface area contributed by atoms with Gasteiger partial charge < -0.3 is 0 Å². The Balaban J connectivity index is 2.45. The molecule has 0 amide bonds. The molecule has 0 heterocycles. The zero-order valence-electron chi connectivity index (χ0n) is 12.9. The first-order chi connectivity index (χ1) is 10.0. The van der Waals surface area contributed by atoms with Crippen LogP contribution in [0, 0.1) is 20.8 Å². The van der Waals surface area contributed by atoms with E-state index in [4.69, 9.17) is 23.2 Å². The highest BCUT2D eigenvalue weighted by Crippen LogP contribution is 2.33. The molecule has 2 rings (SSSR count). The molecular weight excluding hydrogens is 299 g/mol. The summed E-state index contributed by atoms with van der Waals surface area (Å²) in [6.45, 7) is 6.41. The molecule has 0 aliphatic carbocycles. The third-order valence-electron chi connectivity index (χ3n) is 4.34. The number of rotatable bonds is 5. The maximum atomic E-state index is 6.37. The Morgan fingerprint density at radius 2 is 1.33 bits per heavy atom. The van der Waals surface area contributed by atoms with E-state index in [0.29, 0.717) is 11.8 Å². The maximum Gasteiger partial charge on any atom is 0.0335 e. The van der Waals surface area contributed by atoms with Gasteiger partial charge in [-0.3, -0.25) is 0 Å². The monoisotopic (exact) mass is 320 g/mol. The second kappa shape index (κ2) is 6.85. The van der Waals surface area contributed by atoms with Crippen LogP contribution < -0.4 is 0 Å². The lowest BCUT2D eigenvalue weighted by Gasteiger charge is -2.32. The van der Waals surface area contributed by atoms with E-state index in [9.17, 15) is 0 Å². The van der Waals surface area contributed by atoms with Gasteiger partial charge in [0.25, 0.3) is 0 Å². The first-order valence-corrected chi connectivity index (χ1v) is 8.33. The van der Waals surface area contributed by atoms with Crippen molar-refractivity contribution in [2.45, 2.75) is 32.6 Å². The fourth-order valence-corrected chi connectivity index (χ4v) is 3.54. The highest BCUT2D eigenvalue weighted by atomic mass is 35.5. The Labute approximate surface area is 138 Å². The fraction of sp³-hybridized carbons (Fsp3) is 0.368. The Morgan fingerprint density at radius 1 is 0.810 bits per heavy atom. The number of benzene rings is 2. The van der Waals surface area contributed by atoms with Crippen LogP contribution in [-0.4, -0.2) is 11.8 Å². The van der Waals surface area contributed by atoms with Crippen molar-refractivity contribution in [2.75, 3.05) is 11.8 Å². The van der Waals surface area contributed by atoms with Gasteiger partial charge in [0, 0.05) is 17.2 Å². The highest BCUT2D eigenvalue weighted by molar-refractivity contribution is 6.22. The molecule has 0 bridgehead atoms. The average molecular weight is 321 g/mol. The summed E-state index contributed by atoms with van der Waals surface area (Å²) in [7, 11) is 0. The third kappa shape index (κ3) is 3.44. The SMILES string of the molecule is Cc1ccc(C(CCl)(CCl)Cc2c(C)cccc2C)cc1. The molecule has 0 radical (unpaired) electrons. The smallest absolute Gasteiger partial charge is 0.0335 e. The van der Waals surface area contributed by atoms with Gasteiger partial charge in [-0.25, -0.2) is 0 Å². The minimum atomic E-state index is -0.215. The fourth-order valence-electron chi connectivity index (χ4n) is 2.76. The molecule has 0 unspecified atom stereocenters. The van der Waals surface area contributed by atoms with E-state index in [0.717, 1.165) is 6.42 Å². The van der Waals surface area contributed by atoms with Gasteiger partial charge in [-0.15, -0.1) is 23.2 Å². The van der Waals surface area contributed by atoms with Crippen LogP contribution in [0.1, 0.15) is 27.8 Å². The Bertz CT molecular complexity index is 575. The number of halogens is 2. The molecule has 0 nitrogen and oxygen atoms in total. The molecule has 0 aliphatic heterocycles. The lowest BCUT2D eigenvalue weighted by molar-refractivity contribution is 0.533. The normalized spacial score (nSPS) is 11.7. The predicted molar refractivity (Wildman–Crippen MR) is 93.9 cm³/mol. The third-order valence-corrected chi connectivity index (χ3v) is 5.36. The van der Waals surface area contributed by atoms with E-state index < -0.39 is 0 Å². The summed E-state index contributed by atoms with van der Waals surface area (Å²) < 4.78 is 0. The van der Waals surface area contributed by atoms with Gasteiger partial charge in [0.1, 0.15) is 0 Å². The summed E-state index contributed by atoms with van der Waals surface area (Å²) in [5.41, 5.74) is 6.24. The van der Waals surface area contributed by atoms with Gasteiger partial charge in [-0.1, -0.05) is 48.0 Å². The predicted octanol–water partition coefficient (Wildman–Crippen LogP) is 5.57. The van der Waals surface area contributed by atoms with Crippen LogP contribution in [-0.2, 0) is 11.8 Å². The minimum Gasteiger partial charge on any atom is -0.126 e. The van der Waals surface area contributed by atoms with E-state index in [-0.39, 0.29) is 5.41 Å². The molecule has 0 aromatic heterocycles. The summed E-state index contributed by atoms with van der Waals surface area (Å²) >= 11 is 12.7. The van der Waals surface area contributed by atoms with Gasteiger partial charge in [0.15, 0.2) is 0 Å². The topological polar surface area (TPSA) is 0 Å². The van der Waals surface area contributed by atoms with Crippen molar-refractivity contribution in [1.29, 1.82) is 0 Å². The molecule has 0 saturated heterocycles. The van der Waals surface area contributed by atoms with E-state index >= 15 is 0 Å². The van der Waals surface area contributed by atoms with Crippen molar-refractivity contribution >= 4 is 23.2 Å². The Hall–Kier alpha value is -0.980. The molecule has 0 fully saturated rings. The zero-order valence-corrected chi connectivity index (χ0v) is 14.4. The van der Waals surface area contributed by atoms with Crippen LogP contribution in [0.4, 0.5) is 0 Å². The summed E-state index contributed by atoms with van der Waals surface area (Å²) in [5, 5.41) is 0. The van der Waals surface area contributed by atoms with Crippen LogP contribution >= 0.6 is 23.2 Å². The van der Waals surface area contributed by atoms with Crippen molar-refractivity contribution in [1.82, 2.24) is 0 Å². The van der Waals surface area contributed by atoms with E-state index in [2.05, 4.69) is 63.2 Å². The zero-order chi connectivity index (χ0) is 15.5. The first kappa shape index (κ1) is 16.4. The van der Waals surface area contributed by atoms with Crippen LogP contribution in [0.15, 0.2) is 42.5 Å².